The zero-order valence-corrected chi connectivity index (χ0v) is 28.0. The molecule has 0 spiro atoms. The summed E-state index contributed by atoms with van der Waals surface area (Å²) in [4.78, 5) is 69.1. The van der Waals surface area contributed by atoms with Crippen LogP contribution in [0.25, 0.3) is 0 Å². The number of nitrogens with two attached hydrogens (primary N) is 4. The van der Waals surface area contributed by atoms with Gasteiger partial charge in [0, 0.05) is 13.0 Å². The van der Waals surface area contributed by atoms with Crippen LogP contribution in [-0.2, 0) is 30.4 Å². The molecule has 0 unspecified atom stereocenters. The molecule has 0 saturated heterocycles. The van der Waals surface area contributed by atoms with Crippen molar-refractivity contribution in [3.63, 3.8) is 0 Å². The number of amides is 5. The summed E-state index contributed by atoms with van der Waals surface area (Å²) in [7, 11) is 1.52. The molecule has 1 aromatic rings. The Morgan fingerprint density at radius 1 is 0.766 bits per heavy atom. The Balaban J connectivity index is 3.20. The first kappa shape index (κ1) is 40.6. The fraction of sp³-hybridized carbons (Fsp3) is 0.613. The SMILES string of the molecule is COc1ccc(C[C@H](NC(=O)[C@@H](N)CO)C(=O)N[C@@H](CC(C)C)C(=O)N[C@@H](CC(C)C)C(=O)N[C@@H](CCCN=C(N)N)C(N)=O)cc1. The topological polar surface area (TPSA) is 279 Å². The summed E-state index contributed by atoms with van der Waals surface area (Å²) in [5, 5.41) is 20.0. The van der Waals surface area contributed by atoms with Crippen LogP contribution in [-0.4, -0.2) is 91.1 Å². The van der Waals surface area contributed by atoms with Crippen molar-refractivity contribution in [1.82, 2.24) is 21.3 Å². The minimum atomic E-state index is -1.26. The van der Waals surface area contributed by atoms with E-state index >= 15 is 0 Å². The number of aliphatic imine (C=N–C) groups is 1. The van der Waals surface area contributed by atoms with Crippen molar-refractivity contribution in [2.45, 2.75) is 90.0 Å². The van der Waals surface area contributed by atoms with E-state index in [0.29, 0.717) is 17.7 Å². The summed E-state index contributed by atoms with van der Waals surface area (Å²) in [6, 6.07) is 1.28. The summed E-state index contributed by atoms with van der Waals surface area (Å²) < 4.78 is 5.18. The van der Waals surface area contributed by atoms with Crippen molar-refractivity contribution in [2.24, 2.45) is 39.8 Å². The number of aliphatic hydroxyl groups excluding tert-OH is 1. The van der Waals surface area contributed by atoms with Gasteiger partial charge in [-0.2, -0.15) is 0 Å². The third-order valence-corrected chi connectivity index (χ3v) is 7.05. The van der Waals surface area contributed by atoms with Crippen molar-refractivity contribution in [3.8, 4) is 5.75 Å². The van der Waals surface area contributed by atoms with Gasteiger partial charge in [-0.05, 0) is 55.2 Å². The zero-order valence-electron chi connectivity index (χ0n) is 28.0. The number of methoxy groups -OCH3 is 1. The lowest BCUT2D eigenvalue weighted by Crippen LogP contribution is -2.59. The highest BCUT2D eigenvalue weighted by atomic mass is 16.5. The Bertz CT molecular complexity index is 1200. The molecule has 0 aliphatic rings. The lowest BCUT2D eigenvalue weighted by molar-refractivity contribution is -0.135. The maximum Gasteiger partial charge on any atom is 0.243 e. The van der Waals surface area contributed by atoms with Crippen molar-refractivity contribution >= 4 is 35.5 Å². The molecule has 0 bridgehead atoms. The maximum absolute atomic E-state index is 13.6. The standard InChI is InChI=1S/C31H53N9O7/c1-17(2)13-23(28(44)37-22(26(33)42)7-6-12-36-31(34)35)39-29(45)24(14-18(3)4)40-30(46)25(38-27(43)21(32)16-41)15-19-8-10-20(47-5)11-9-19/h8-11,17-18,21-25,41H,6-7,12-16,32H2,1-5H3,(H2,33,42)(H,37,44)(H,38,43)(H,39,45)(H,40,46)(H4,34,35,36)/t21-,22-,23-,24-,25-/m0/s1. The van der Waals surface area contributed by atoms with E-state index in [1.807, 2.05) is 27.7 Å². The van der Waals surface area contributed by atoms with Gasteiger partial charge in [0.2, 0.25) is 29.5 Å². The number of rotatable bonds is 21. The quantitative estimate of drug-likeness (QED) is 0.0401. The van der Waals surface area contributed by atoms with Gasteiger partial charge in [0.05, 0.1) is 13.7 Å². The third kappa shape index (κ3) is 15.6. The van der Waals surface area contributed by atoms with E-state index in [1.54, 1.807) is 24.3 Å². The molecule has 5 atom stereocenters. The van der Waals surface area contributed by atoms with Crippen LogP contribution in [0.5, 0.6) is 5.75 Å². The maximum atomic E-state index is 13.6. The molecular formula is C31H53N9O7. The number of carbonyl (C=O) groups is 5. The monoisotopic (exact) mass is 663 g/mol. The number of benzene rings is 1. The smallest absolute Gasteiger partial charge is 0.243 e. The van der Waals surface area contributed by atoms with Crippen molar-refractivity contribution < 1.29 is 33.8 Å². The van der Waals surface area contributed by atoms with Crippen LogP contribution >= 0.6 is 0 Å². The largest absolute Gasteiger partial charge is 0.497 e. The number of nitrogens with one attached hydrogen (secondary N) is 4. The van der Waals surface area contributed by atoms with Crippen molar-refractivity contribution in [1.29, 1.82) is 0 Å². The second kappa shape index (κ2) is 20.6. The van der Waals surface area contributed by atoms with E-state index in [4.69, 9.17) is 27.7 Å². The summed E-state index contributed by atoms with van der Waals surface area (Å²) >= 11 is 0. The minimum Gasteiger partial charge on any atom is -0.497 e. The summed E-state index contributed by atoms with van der Waals surface area (Å²) in [5.74, 6) is -3.00. The Kier molecular flexibility index (Phi) is 17.8. The molecule has 0 aliphatic heterocycles. The van der Waals surface area contributed by atoms with Gasteiger partial charge < -0.3 is 54.0 Å². The first-order chi connectivity index (χ1) is 22.1. The second-order valence-corrected chi connectivity index (χ2v) is 12.2. The average molecular weight is 664 g/mol. The van der Waals surface area contributed by atoms with Crippen molar-refractivity contribution in [3.05, 3.63) is 29.8 Å². The first-order valence-electron chi connectivity index (χ1n) is 15.6. The molecular weight excluding hydrogens is 610 g/mol. The van der Waals surface area contributed by atoms with Gasteiger partial charge in [-0.3, -0.25) is 29.0 Å². The lowest BCUT2D eigenvalue weighted by atomic mass is 9.98. The Hall–Kier alpha value is -4.44. The van der Waals surface area contributed by atoms with E-state index in [9.17, 15) is 29.1 Å². The highest BCUT2D eigenvalue weighted by molar-refractivity contribution is 5.95. The van der Waals surface area contributed by atoms with Crippen LogP contribution in [0.4, 0.5) is 0 Å². The molecule has 0 aliphatic carbocycles. The Morgan fingerprint density at radius 3 is 1.66 bits per heavy atom. The number of ether oxygens (including phenoxy) is 1. The van der Waals surface area contributed by atoms with Crippen molar-refractivity contribution in [2.75, 3.05) is 20.3 Å². The van der Waals surface area contributed by atoms with Gasteiger partial charge in [0.1, 0.15) is 36.0 Å². The number of hydrogen-bond acceptors (Lipinski definition) is 9. The molecule has 1 rings (SSSR count). The van der Waals surface area contributed by atoms with Crippen LogP contribution in [0.3, 0.4) is 0 Å². The predicted molar refractivity (Wildman–Crippen MR) is 177 cm³/mol. The molecule has 264 valence electrons. The van der Waals surface area contributed by atoms with Gasteiger partial charge in [-0.1, -0.05) is 39.8 Å². The minimum absolute atomic E-state index is 0.0297. The predicted octanol–water partition coefficient (Wildman–Crippen LogP) is -1.87. The van der Waals surface area contributed by atoms with Gasteiger partial charge in [-0.25, -0.2) is 0 Å². The average Bonchev–Trinajstić information content (AvgIpc) is 3.00. The molecule has 1 aromatic carbocycles. The molecule has 0 radical (unpaired) electrons. The lowest BCUT2D eigenvalue weighted by Gasteiger charge is -2.28. The number of carbonyl (C=O) groups excluding carboxylic acids is 5. The van der Waals surface area contributed by atoms with Gasteiger partial charge in [-0.15, -0.1) is 0 Å². The van der Waals surface area contributed by atoms with Gasteiger partial charge in [0.25, 0.3) is 0 Å². The molecule has 0 aromatic heterocycles. The van der Waals surface area contributed by atoms with E-state index in [2.05, 4.69) is 26.3 Å². The molecule has 0 heterocycles. The fourth-order valence-corrected chi connectivity index (χ4v) is 4.58. The van der Waals surface area contributed by atoms with Crippen LogP contribution in [0, 0.1) is 11.8 Å². The molecule has 0 saturated carbocycles. The molecule has 16 heteroatoms. The number of primary amides is 1. The summed E-state index contributed by atoms with van der Waals surface area (Å²) in [6.45, 7) is 7.06. The van der Waals surface area contributed by atoms with E-state index in [1.165, 1.54) is 7.11 Å². The third-order valence-electron chi connectivity index (χ3n) is 7.05. The van der Waals surface area contributed by atoms with Crippen LogP contribution in [0.1, 0.15) is 58.9 Å². The molecule has 47 heavy (non-hydrogen) atoms. The number of hydrogen-bond donors (Lipinski definition) is 9. The molecule has 16 nitrogen and oxygen atoms in total. The summed E-state index contributed by atoms with van der Waals surface area (Å²) in [5.41, 5.74) is 22.5. The van der Waals surface area contributed by atoms with E-state index < -0.39 is 66.4 Å². The fourth-order valence-electron chi connectivity index (χ4n) is 4.58. The van der Waals surface area contributed by atoms with E-state index in [0.717, 1.165) is 0 Å². The molecule has 0 fully saturated rings. The molecule has 5 amide bonds. The van der Waals surface area contributed by atoms with E-state index in [-0.39, 0.29) is 50.0 Å². The number of guanidine groups is 1. The summed E-state index contributed by atoms with van der Waals surface area (Å²) in [6.07, 6.45) is 1.03. The first-order valence-corrected chi connectivity index (χ1v) is 15.6. The number of nitrogens with zero attached hydrogens (tertiary/aromatic N) is 1. The van der Waals surface area contributed by atoms with Gasteiger partial charge in [0.15, 0.2) is 5.96 Å². The van der Waals surface area contributed by atoms with Gasteiger partial charge >= 0.3 is 0 Å². The van der Waals surface area contributed by atoms with Crippen LogP contribution in [0.2, 0.25) is 0 Å². The Labute approximate surface area is 276 Å². The van der Waals surface area contributed by atoms with Crippen LogP contribution in [0.15, 0.2) is 29.3 Å². The normalized spacial score (nSPS) is 14.2. The zero-order chi connectivity index (χ0) is 35.7. The highest BCUT2D eigenvalue weighted by Gasteiger charge is 2.32. The molecule has 13 N–H and O–H groups in total. The Morgan fingerprint density at radius 2 is 1.23 bits per heavy atom. The second-order valence-electron chi connectivity index (χ2n) is 12.2. The number of aliphatic hydroxyl groups is 1. The highest BCUT2D eigenvalue weighted by Crippen LogP contribution is 2.14. The van der Waals surface area contributed by atoms with Crippen LogP contribution < -0.4 is 48.9 Å².